The lowest BCUT2D eigenvalue weighted by atomic mass is 10.1. The molecule has 0 aliphatic carbocycles. The molecule has 0 fully saturated rings. The van der Waals surface area contributed by atoms with Crippen LogP contribution in [0, 0.1) is 5.82 Å². The average Bonchev–Trinajstić information content (AvgIpc) is 2.04. The van der Waals surface area contributed by atoms with Crippen LogP contribution in [0.3, 0.4) is 0 Å². The van der Waals surface area contributed by atoms with Gasteiger partial charge in [-0.15, -0.1) is 0 Å². The molecule has 1 radical (unpaired) electrons. The molecule has 1 aromatic rings. The van der Waals surface area contributed by atoms with Crippen molar-refractivity contribution < 1.29 is 9.50 Å². The SMILES string of the molecule is [O]CCCc1ccc(F)cc1. The highest BCUT2D eigenvalue weighted by molar-refractivity contribution is 5.15. The Morgan fingerprint density at radius 2 is 1.82 bits per heavy atom. The first-order valence-corrected chi connectivity index (χ1v) is 3.65. The summed E-state index contributed by atoms with van der Waals surface area (Å²) in [6, 6.07) is 6.26. The predicted octanol–water partition coefficient (Wildman–Crippen LogP) is 2.19. The predicted molar refractivity (Wildman–Crippen MR) is 40.3 cm³/mol. The average molecular weight is 153 g/mol. The molecule has 0 heterocycles. The first-order chi connectivity index (χ1) is 5.33. The van der Waals surface area contributed by atoms with Crippen LogP contribution in [0.15, 0.2) is 24.3 Å². The Labute approximate surface area is 65.5 Å². The van der Waals surface area contributed by atoms with E-state index in [1.807, 2.05) is 0 Å². The van der Waals surface area contributed by atoms with Crippen LogP contribution in [0.2, 0.25) is 0 Å². The second-order valence-electron chi connectivity index (χ2n) is 2.43. The highest BCUT2D eigenvalue weighted by Gasteiger charge is 1.92. The molecule has 2 heteroatoms. The highest BCUT2D eigenvalue weighted by atomic mass is 19.1. The lowest BCUT2D eigenvalue weighted by Crippen LogP contribution is -1.87. The molecule has 0 N–H and O–H groups in total. The first-order valence-electron chi connectivity index (χ1n) is 3.65. The smallest absolute Gasteiger partial charge is 0.123 e. The van der Waals surface area contributed by atoms with Crippen LogP contribution < -0.4 is 0 Å². The third-order valence-corrected chi connectivity index (χ3v) is 1.52. The van der Waals surface area contributed by atoms with Gasteiger partial charge in [0.25, 0.3) is 0 Å². The van der Waals surface area contributed by atoms with Crippen molar-refractivity contribution in [2.24, 2.45) is 0 Å². The van der Waals surface area contributed by atoms with Crippen LogP contribution in [-0.2, 0) is 11.5 Å². The molecule has 11 heavy (non-hydrogen) atoms. The van der Waals surface area contributed by atoms with Gasteiger partial charge in [0.1, 0.15) is 5.82 Å². The van der Waals surface area contributed by atoms with Crippen molar-refractivity contribution in [2.45, 2.75) is 12.8 Å². The molecule has 59 valence electrons. The molecule has 0 saturated carbocycles. The van der Waals surface area contributed by atoms with Gasteiger partial charge in [-0.2, -0.15) is 0 Å². The lowest BCUT2D eigenvalue weighted by molar-refractivity contribution is 0.189. The number of halogens is 1. The van der Waals surface area contributed by atoms with E-state index in [1.54, 1.807) is 12.1 Å². The highest BCUT2D eigenvalue weighted by Crippen LogP contribution is 2.04. The van der Waals surface area contributed by atoms with Crippen molar-refractivity contribution in [3.63, 3.8) is 0 Å². The van der Waals surface area contributed by atoms with Gasteiger partial charge in [0.05, 0.1) is 6.61 Å². The maximum absolute atomic E-state index is 12.3. The molecule has 1 rings (SSSR count). The summed E-state index contributed by atoms with van der Waals surface area (Å²) in [5, 5.41) is 10.1. The number of hydrogen-bond donors (Lipinski definition) is 0. The van der Waals surface area contributed by atoms with Crippen LogP contribution in [0.4, 0.5) is 4.39 Å². The second kappa shape index (κ2) is 4.09. The van der Waals surface area contributed by atoms with Gasteiger partial charge in [-0.1, -0.05) is 12.1 Å². The largest absolute Gasteiger partial charge is 0.237 e. The van der Waals surface area contributed by atoms with Gasteiger partial charge < -0.3 is 0 Å². The van der Waals surface area contributed by atoms with E-state index in [-0.39, 0.29) is 12.4 Å². The van der Waals surface area contributed by atoms with Gasteiger partial charge in [-0.05, 0) is 30.5 Å². The molecular formula is C9H10FO. The van der Waals surface area contributed by atoms with Gasteiger partial charge in [0.15, 0.2) is 0 Å². The van der Waals surface area contributed by atoms with E-state index >= 15 is 0 Å². The fraction of sp³-hybridized carbons (Fsp3) is 0.333. The summed E-state index contributed by atoms with van der Waals surface area (Å²) >= 11 is 0. The van der Waals surface area contributed by atoms with E-state index < -0.39 is 0 Å². The van der Waals surface area contributed by atoms with Crippen LogP contribution >= 0.6 is 0 Å². The van der Waals surface area contributed by atoms with Gasteiger partial charge >= 0.3 is 0 Å². The zero-order valence-electron chi connectivity index (χ0n) is 6.22. The Kier molecular flexibility index (Phi) is 3.05. The number of benzene rings is 1. The summed E-state index contributed by atoms with van der Waals surface area (Å²) in [5.74, 6) is -0.226. The summed E-state index contributed by atoms with van der Waals surface area (Å²) in [7, 11) is 0. The van der Waals surface area contributed by atoms with Crippen LogP contribution in [0.5, 0.6) is 0 Å². The van der Waals surface area contributed by atoms with Crippen molar-refractivity contribution in [3.05, 3.63) is 35.6 Å². The number of aryl methyl sites for hydroxylation is 1. The first kappa shape index (κ1) is 8.21. The van der Waals surface area contributed by atoms with E-state index in [9.17, 15) is 9.50 Å². The van der Waals surface area contributed by atoms with Crippen LogP contribution in [0.25, 0.3) is 0 Å². The normalized spacial score (nSPS) is 10.0. The zero-order valence-corrected chi connectivity index (χ0v) is 6.22. The molecule has 0 saturated heterocycles. The van der Waals surface area contributed by atoms with E-state index in [0.29, 0.717) is 6.42 Å². The lowest BCUT2D eigenvalue weighted by Gasteiger charge is -1.96. The van der Waals surface area contributed by atoms with Crippen molar-refractivity contribution in [1.82, 2.24) is 0 Å². The van der Waals surface area contributed by atoms with Gasteiger partial charge in [-0.3, -0.25) is 0 Å². The molecular weight excluding hydrogens is 143 g/mol. The summed E-state index contributed by atoms with van der Waals surface area (Å²) in [5.41, 5.74) is 1.03. The molecule has 0 aromatic heterocycles. The fourth-order valence-electron chi connectivity index (χ4n) is 0.927. The molecule has 0 aliphatic rings. The molecule has 0 unspecified atom stereocenters. The molecule has 0 amide bonds. The standard InChI is InChI=1S/C9H10FO/c10-9-5-3-8(4-6-9)2-1-7-11/h3-6H,1-2,7H2. The van der Waals surface area contributed by atoms with E-state index in [1.165, 1.54) is 12.1 Å². The molecule has 0 spiro atoms. The van der Waals surface area contributed by atoms with Crippen LogP contribution in [-0.4, -0.2) is 6.61 Å². The van der Waals surface area contributed by atoms with Crippen molar-refractivity contribution >= 4 is 0 Å². The molecule has 0 atom stereocenters. The Balaban J connectivity index is 2.52. The van der Waals surface area contributed by atoms with Gasteiger partial charge in [-0.25, -0.2) is 9.50 Å². The minimum atomic E-state index is -0.226. The van der Waals surface area contributed by atoms with Gasteiger partial charge in [0.2, 0.25) is 0 Å². The van der Waals surface area contributed by atoms with E-state index in [4.69, 9.17) is 0 Å². The Hall–Kier alpha value is -0.890. The maximum atomic E-state index is 12.3. The van der Waals surface area contributed by atoms with Crippen molar-refractivity contribution in [2.75, 3.05) is 6.61 Å². The van der Waals surface area contributed by atoms with Gasteiger partial charge in [0, 0.05) is 0 Å². The van der Waals surface area contributed by atoms with Crippen LogP contribution in [0.1, 0.15) is 12.0 Å². The quantitative estimate of drug-likeness (QED) is 0.634. The summed E-state index contributed by atoms with van der Waals surface area (Å²) in [6.45, 7) is -0.0582. The number of rotatable bonds is 3. The van der Waals surface area contributed by atoms with Crippen molar-refractivity contribution in [1.29, 1.82) is 0 Å². The summed E-state index contributed by atoms with van der Waals surface area (Å²) < 4.78 is 12.3. The Morgan fingerprint density at radius 3 is 2.36 bits per heavy atom. The molecule has 1 aromatic carbocycles. The second-order valence-corrected chi connectivity index (χ2v) is 2.43. The Morgan fingerprint density at radius 1 is 1.18 bits per heavy atom. The van der Waals surface area contributed by atoms with E-state index in [0.717, 1.165) is 12.0 Å². The maximum Gasteiger partial charge on any atom is 0.123 e. The third-order valence-electron chi connectivity index (χ3n) is 1.52. The molecule has 1 nitrogen and oxygen atoms in total. The minimum Gasteiger partial charge on any atom is -0.237 e. The fourth-order valence-corrected chi connectivity index (χ4v) is 0.927. The molecule has 0 bridgehead atoms. The Bertz CT molecular complexity index is 205. The zero-order chi connectivity index (χ0) is 8.10. The van der Waals surface area contributed by atoms with Crippen molar-refractivity contribution in [3.8, 4) is 0 Å². The third kappa shape index (κ3) is 2.68. The minimum absolute atomic E-state index is 0.0582. The van der Waals surface area contributed by atoms with E-state index in [2.05, 4.69) is 0 Å². The topological polar surface area (TPSA) is 19.9 Å². The molecule has 0 aliphatic heterocycles. The monoisotopic (exact) mass is 153 g/mol. The number of hydrogen-bond acceptors (Lipinski definition) is 0. The summed E-state index contributed by atoms with van der Waals surface area (Å²) in [4.78, 5) is 0. The summed E-state index contributed by atoms with van der Waals surface area (Å²) in [6.07, 6.45) is 1.38.